The van der Waals surface area contributed by atoms with Crippen molar-refractivity contribution in [1.29, 1.82) is 0 Å². The van der Waals surface area contributed by atoms with Crippen molar-refractivity contribution in [3.05, 3.63) is 0 Å². The van der Waals surface area contributed by atoms with Gasteiger partial charge in [-0.15, -0.1) is 21.8 Å². The van der Waals surface area contributed by atoms with Gasteiger partial charge in [-0.05, 0) is 0 Å². The molecule has 0 aliphatic carbocycles. The standard InChI is InChI=1S/C3H9ISi.Na/c1-5(2,3)4;/h1-3H3;. The molecule has 0 nitrogen and oxygen atoms in total. The van der Waals surface area contributed by atoms with E-state index in [1.807, 2.05) is 0 Å². The number of halogens is 1. The molecule has 0 saturated heterocycles. The molecule has 0 aliphatic heterocycles. The van der Waals surface area contributed by atoms with E-state index in [2.05, 4.69) is 41.4 Å². The Balaban J connectivity index is 0. The van der Waals surface area contributed by atoms with Crippen molar-refractivity contribution in [2.24, 2.45) is 0 Å². The largest absolute Gasteiger partial charge is 0.120 e. The van der Waals surface area contributed by atoms with Gasteiger partial charge in [0.15, 0.2) is 0 Å². The number of hydrogen-bond donors (Lipinski definition) is 0. The minimum Gasteiger partial charge on any atom is -0.120 e. The molecule has 0 aromatic heterocycles. The van der Waals surface area contributed by atoms with Crippen LogP contribution in [-0.4, -0.2) is 35.1 Å². The van der Waals surface area contributed by atoms with Gasteiger partial charge in [-0.2, -0.15) is 0 Å². The zero-order valence-corrected chi connectivity index (χ0v) is 10.0. The topological polar surface area (TPSA) is 0 Å². The van der Waals surface area contributed by atoms with E-state index in [0.717, 1.165) is 0 Å². The van der Waals surface area contributed by atoms with Gasteiger partial charge in [-0.25, -0.2) is 0 Å². The maximum absolute atomic E-state index is 2.52. The van der Waals surface area contributed by atoms with E-state index in [0.29, 0.717) is 0 Å². The van der Waals surface area contributed by atoms with Crippen LogP contribution in [0.15, 0.2) is 0 Å². The molecular weight excluding hydrogens is 214 g/mol. The minimum absolute atomic E-state index is 0. The molecule has 0 aromatic rings. The van der Waals surface area contributed by atoms with Crippen molar-refractivity contribution < 1.29 is 0 Å². The summed E-state index contributed by atoms with van der Waals surface area (Å²) in [5, 5.41) is 0. The second-order valence-electron chi connectivity index (χ2n) is 2.07. The first-order valence-corrected chi connectivity index (χ1v) is 8.30. The summed E-state index contributed by atoms with van der Waals surface area (Å²) in [5.41, 5.74) is -0.641. The monoisotopic (exact) mass is 223 g/mol. The first kappa shape index (κ1) is 10.8. The SMILES string of the molecule is C[Si](C)(C)I.[Na]. The summed E-state index contributed by atoms with van der Waals surface area (Å²) in [7, 11) is 0. The van der Waals surface area contributed by atoms with Gasteiger partial charge in [0.25, 0.3) is 0 Å². The smallest absolute Gasteiger partial charge is 0.116 e. The Bertz CT molecular complexity index is 26.3. The molecule has 0 spiro atoms. The second-order valence-corrected chi connectivity index (χ2v) is 15.9. The third kappa shape index (κ3) is 38.4. The first-order chi connectivity index (χ1) is 2.00. The van der Waals surface area contributed by atoms with E-state index < -0.39 is 5.57 Å². The predicted molar refractivity (Wildman–Crippen MR) is 43.1 cm³/mol. The Hall–Kier alpha value is 1.95. The molecule has 1 radical (unpaired) electrons. The van der Waals surface area contributed by atoms with Crippen LogP contribution in [0.25, 0.3) is 0 Å². The molecule has 0 saturated carbocycles. The van der Waals surface area contributed by atoms with Crippen LogP contribution in [0.5, 0.6) is 0 Å². The summed E-state index contributed by atoms with van der Waals surface area (Å²) in [6, 6.07) is 0. The van der Waals surface area contributed by atoms with Crippen LogP contribution in [0.1, 0.15) is 0 Å². The van der Waals surface area contributed by atoms with Gasteiger partial charge in [-0.1, -0.05) is 19.6 Å². The summed E-state index contributed by atoms with van der Waals surface area (Å²) in [6.45, 7) is 6.94. The predicted octanol–water partition coefficient (Wildman–Crippen LogP) is 1.88. The summed E-state index contributed by atoms with van der Waals surface area (Å²) in [5.74, 6) is 0. The molecule has 0 fully saturated rings. The molecule has 0 N–H and O–H groups in total. The first-order valence-electron chi connectivity index (χ1n) is 1.69. The zero-order valence-electron chi connectivity index (χ0n) is 4.88. The van der Waals surface area contributed by atoms with Crippen LogP contribution in [0, 0.1) is 0 Å². The molecule has 0 aromatic carbocycles. The Morgan fingerprint density at radius 2 is 1.17 bits per heavy atom. The molecule has 0 atom stereocenters. The summed E-state index contributed by atoms with van der Waals surface area (Å²) in [6.07, 6.45) is 0. The average molecular weight is 223 g/mol. The second kappa shape index (κ2) is 3.89. The van der Waals surface area contributed by atoms with Gasteiger partial charge in [0.1, 0.15) is 5.57 Å². The van der Waals surface area contributed by atoms with Crippen LogP contribution in [0.4, 0.5) is 0 Å². The van der Waals surface area contributed by atoms with Gasteiger partial charge < -0.3 is 0 Å². The Morgan fingerprint density at radius 3 is 1.17 bits per heavy atom. The van der Waals surface area contributed by atoms with Gasteiger partial charge >= 0.3 is 0 Å². The van der Waals surface area contributed by atoms with Crippen molar-refractivity contribution in [3.8, 4) is 0 Å². The molecule has 0 rings (SSSR count). The molecule has 0 unspecified atom stereocenters. The average Bonchev–Trinajstić information content (AvgIpc) is 0.722. The van der Waals surface area contributed by atoms with Gasteiger partial charge in [0.05, 0.1) is 0 Å². The Labute approximate surface area is 75.6 Å². The number of hydrogen-bond acceptors (Lipinski definition) is 0. The van der Waals surface area contributed by atoms with Gasteiger partial charge in [-0.3, -0.25) is 0 Å². The summed E-state index contributed by atoms with van der Waals surface area (Å²) in [4.78, 5) is 0. The maximum Gasteiger partial charge on any atom is 0.116 e. The molecule has 33 valence electrons. The van der Waals surface area contributed by atoms with E-state index in [-0.39, 0.29) is 29.6 Å². The molecule has 0 heterocycles. The minimum atomic E-state index is -0.641. The zero-order chi connectivity index (χ0) is 4.50. The normalized spacial score (nSPS) is 10.0. The quantitative estimate of drug-likeness (QED) is 0.334. The molecule has 3 heteroatoms. The Morgan fingerprint density at radius 1 is 1.17 bits per heavy atom. The molecule has 6 heavy (non-hydrogen) atoms. The van der Waals surface area contributed by atoms with Gasteiger partial charge in [0, 0.05) is 29.6 Å². The summed E-state index contributed by atoms with van der Waals surface area (Å²) >= 11 is 2.52. The third-order valence-electron chi connectivity index (χ3n) is 0. The van der Waals surface area contributed by atoms with Gasteiger partial charge in [0.2, 0.25) is 0 Å². The Kier molecular flexibility index (Phi) is 7.03. The fourth-order valence-corrected chi connectivity index (χ4v) is 0. The van der Waals surface area contributed by atoms with Crippen LogP contribution in [0.2, 0.25) is 19.6 Å². The molecule has 0 amide bonds. The van der Waals surface area contributed by atoms with E-state index in [1.54, 1.807) is 0 Å². The van der Waals surface area contributed by atoms with E-state index >= 15 is 0 Å². The van der Waals surface area contributed by atoms with E-state index in [9.17, 15) is 0 Å². The fourth-order valence-electron chi connectivity index (χ4n) is 0. The van der Waals surface area contributed by atoms with Crippen molar-refractivity contribution >= 4 is 56.9 Å². The maximum atomic E-state index is 2.52. The van der Waals surface area contributed by atoms with E-state index in [1.165, 1.54) is 0 Å². The van der Waals surface area contributed by atoms with Crippen LogP contribution < -0.4 is 0 Å². The molecular formula is C3H9INaSi. The van der Waals surface area contributed by atoms with Crippen molar-refractivity contribution in [2.75, 3.05) is 0 Å². The van der Waals surface area contributed by atoms with E-state index in [4.69, 9.17) is 0 Å². The van der Waals surface area contributed by atoms with Crippen molar-refractivity contribution in [2.45, 2.75) is 19.6 Å². The molecule has 0 bridgehead atoms. The van der Waals surface area contributed by atoms with Crippen LogP contribution >= 0.6 is 21.8 Å². The number of rotatable bonds is 0. The third-order valence-corrected chi connectivity index (χ3v) is 0. The molecule has 0 aliphatic rings. The van der Waals surface area contributed by atoms with Crippen molar-refractivity contribution in [1.82, 2.24) is 0 Å². The van der Waals surface area contributed by atoms with Crippen LogP contribution in [0.3, 0.4) is 0 Å². The van der Waals surface area contributed by atoms with Crippen LogP contribution in [-0.2, 0) is 0 Å². The van der Waals surface area contributed by atoms with Crippen molar-refractivity contribution in [3.63, 3.8) is 0 Å². The summed E-state index contributed by atoms with van der Waals surface area (Å²) < 4.78 is 0. The fraction of sp³-hybridized carbons (Fsp3) is 1.00.